The van der Waals surface area contributed by atoms with Crippen LogP contribution in [0.25, 0.3) is 0 Å². The lowest BCUT2D eigenvalue weighted by molar-refractivity contribution is -0.122. The van der Waals surface area contributed by atoms with Crippen LogP contribution >= 0.6 is 12.4 Å². The summed E-state index contributed by atoms with van der Waals surface area (Å²) in [4.78, 5) is 11.8. The summed E-state index contributed by atoms with van der Waals surface area (Å²) >= 11 is 0. The largest absolute Gasteiger partial charge is 0.493 e. The van der Waals surface area contributed by atoms with Crippen molar-refractivity contribution < 1.29 is 9.53 Å². The van der Waals surface area contributed by atoms with Crippen molar-refractivity contribution in [3.05, 3.63) is 29.8 Å². The molecule has 0 saturated carbocycles. The predicted octanol–water partition coefficient (Wildman–Crippen LogP) is 2.87. The van der Waals surface area contributed by atoms with Crippen molar-refractivity contribution in [2.45, 2.75) is 45.1 Å². The fourth-order valence-corrected chi connectivity index (χ4v) is 2.48. The standard InChI is InChI=1S/C17H26N2O2.ClH/c1-13(2)14-3-5-16(6-4-14)21-12-9-17(20)19-15-7-10-18-11-8-15;/h3-6,13,15,18H,7-12H2,1-2H3,(H,19,20);1H. The van der Waals surface area contributed by atoms with E-state index < -0.39 is 0 Å². The van der Waals surface area contributed by atoms with Crippen molar-refractivity contribution in [3.8, 4) is 5.75 Å². The topological polar surface area (TPSA) is 50.4 Å². The highest BCUT2D eigenvalue weighted by Crippen LogP contribution is 2.18. The van der Waals surface area contributed by atoms with Crippen molar-refractivity contribution >= 4 is 18.3 Å². The zero-order chi connectivity index (χ0) is 15.1. The summed E-state index contributed by atoms with van der Waals surface area (Å²) in [5, 5.41) is 6.36. The fourth-order valence-electron chi connectivity index (χ4n) is 2.48. The Morgan fingerprint density at radius 2 is 1.91 bits per heavy atom. The zero-order valence-corrected chi connectivity index (χ0v) is 14.2. The minimum Gasteiger partial charge on any atom is -0.493 e. The van der Waals surface area contributed by atoms with E-state index in [0.717, 1.165) is 31.7 Å². The number of benzene rings is 1. The molecule has 1 heterocycles. The molecule has 4 nitrogen and oxygen atoms in total. The maximum atomic E-state index is 11.8. The average Bonchev–Trinajstić information content (AvgIpc) is 2.49. The third-order valence-corrected chi connectivity index (χ3v) is 3.85. The van der Waals surface area contributed by atoms with Crippen LogP contribution in [0.5, 0.6) is 5.75 Å². The molecular formula is C17H27ClN2O2. The van der Waals surface area contributed by atoms with E-state index in [2.05, 4.69) is 36.6 Å². The Labute approximate surface area is 139 Å². The molecule has 1 saturated heterocycles. The molecule has 22 heavy (non-hydrogen) atoms. The van der Waals surface area contributed by atoms with Crippen molar-refractivity contribution in [2.75, 3.05) is 19.7 Å². The Morgan fingerprint density at radius 3 is 2.50 bits per heavy atom. The fraction of sp³-hybridized carbons (Fsp3) is 0.588. The van der Waals surface area contributed by atoms with Gasteiger partial charge in [-0.2, -0.15) is 0 Å². The van der Waals surface area contributed by atoms with Crippen molar-refractivity contribution in [2.24, 2.45) is 0 Å². The third kappa shape index (κ3) is 6.24. The van der Waals surface area contributed by atoms with Crippen LogP contribution in [0, 0.1) is 0 Å². The van der Waals surface area contributed by atoms with Gasteiger partial charge in [0.2, 0.25) is 5.91 Å². The van der Waals surface area contributed by atoms with Gasteiger partial charge in [-0.1, -0.05) is 26.0 Å². The van der Waals surface area contributed by atoms with Crippen LogP contribution in [0.2, 0.25) is 0 Å². The molecular weight excluding hydrogens is 300 g/mol. The first-order valence-electron chi connectivity index (χ1n) is 7.88. The van der Waals surface area contributed by atoms with E-state index in [-0.39, 0.29) is 18.3 Å². The average molecular weight is 327 g/mol. The molecule has 1 aliphatic rings. The van der Waals surface area contributed by atoms with Gasteiger partial charge in [0, 0.05) is 6.04 Å². The van der Waals surface area contributed by atoms with Crippen LogP contribution in [-0.2, 0) is 4.79 Å². The third-order valence-electron chi connectivity index (χ3n) is 3.85. The number of rotatable bonds is 6. The molecule has 1 fully saturated rings. The van der Waals surface area contributed by atoms with Crippen molar-refractivity contribution in [1.29, 1.82) is 0 Å². The molecule has 0 bridgehead atoms. The smallest absolute Gasteiger partial charge is 0.223 e. The van der Waals surface area contributed by atoms with E-state index in [0.29, 0.717) is 25.0 Å². The number of carbonyl (C=O) groups is 1. The molecule has 2 rings (SSSR count). The second-order valence-electron chi connectivity index (χ2n) is 5.91. The second-order valence-corrected chi connectivity index (χ2v) is 5.91. The summed E-state index contributed by atoms with van der Waals surface area (Å²) in [6.45, 7) is 6.74. The number of carbonyl (C=O) groups excluding carboxylic acids is 1. The van der Waals surface area contributed by atoms with E-state index in [1.54, 1.807) is 0 Å². The quantitative estimate of drug-likeness (QED) is 0.845. The summed E-state index contributed by atoms with van der Waals surface area (Å²) in [5.41, 5.74) is 1.30. The van der Waals surface area contributed by atoms with Gasteiger partial charge in [0.1, 0.15) is 5.75 Å². The van der Waals surface area contributed by atoms with E-state index in [9.17, 15) is 4.79 Å². The summed E-state index contributed by atoms with van der Waals surface area (Å²) < 4.78 is 5.63. The first-order valence-corrected chi connectivity index (χ1v) is 7.88. The van der Waals surface area contributed by atoms with Crippen LogP contribution in [-0.4, -0.2) is 31.6 Å². The summed E-state index contributed by atoms with van der Waals surface area (Å²) in [5.74, 6) is 1.43. The molecule has 5 heteroatoms. The lowest BCUT2D eigenvalue weighted by Crippen LogP contribution is -2.43. The molecule has 0 radical (unpaired) electrons. The molecule has 1 aromatic rings. The number of hydrogen-bond donors (Lipinski definition) is 2. The number of amides is 1. The van der Waals surface area contributed by atoms with Gasteiger partial charge in [-0.3, -0.25) is 4.79 Å². The van der Waals surface area contributed by atoms with Crippen LogP contribution in [0.15, 0.2) is 24.3 Å². The van der Waals surface area contributed by atoms with E-state index >= 15 is 0 Å². The van der Waals surface area contributed by atoms with Crippen LogP contribution in [0.3, 0.4) is 0 Å². The Morgan fingerprint density at radius 1 is 1.27 bits per heavy atom. The second kappa shape index (κ2) is 9.70. The molecule has 1 aromatic carbocycles. The first-order chi connectivity index (χ1) is 10.1. The summed E-state index contributed by atoms with van der Waals surface area (Å²) in [6.07, 6.45) is 2.45. The minimum absolute atomic E-state index is 0. The highest BCUT2D eigenvalue weighted by Gasteiger charge is 2.15. The number of halogens is 1. The Balaban J connectivity index is 0.00000242. The van der Waals surface area contributed by atoms with Crippen molar-refractivity contribution in [3.63, 3.8) is 0 Å². The lowest BCUT2D eigenvalue weighted by atomic mass is 10.0. The molecule has 1 aliphatic heterocycles. The number of nitrogens with one attached hydrogen (secondary N) is 2. The zero-order valence-electron chi connectivity index (χ0n) is 13.4. The monoisotopic (exact) mass is 326 g/mol. The van der Waals surface area contributed by atoms with Gasteiger partial charge < -0.3 is 15.4 Å². The molecule has 0 atom stereocenters. The molecule has 124 valence electrons. The van der Waals surface area contributed by atoms with E-state index in [4.69, 9.17) is 4.74 Å². The molecule has 1 amide bonds. The highest BCUT2D eigenvalue weighted by atomic mass is 35.5. The number of piperidine rings is 1. The van der Waals surface area contributed by atoms with E-state index in [1.807, 2.05) is 12.1 Å². The predicted molar refractivity (Wildman–Crippen MR) is 91.9 cm³/mol. The van der Waals surface area contributed by atoms with Gasteiger partial charge >= 0.3 is 0 Å². The molecule has 0 spiro atoms. The van der Waals surface area contributed by atoms with Gasteiger partial charge in [0.25, 0.3) is 0 Å². The normalized spacial score (nSPS) is 15.2. The van der Waals surface area contributed by atoms with Crippen LogP contribution in [0.1, 0.15) is 44.6 Å². The molecule has 2 N–H and O–H groups in total. The van der Waals surface area contributed by atoms with Crippen LogP contribution < -0.4 is 15.4 Å². The number of hydrogen-bond acceptors (Lipinski definition) is 3. The van der Waals surface area contributed by atoms with Gasteiger partial charge in [0.15, 0.2) is 0 Å². The Hall–Kier alpha value is -1.26. The van der Waals surface area contributed by atoms with E-state index in [1.165, 1.54) is 5.56 Å². The minimum atomic E-state index is 0. The molecule has 0 aromatic heterocycles. The summed E-state index contributed by atoms with van der Waals surface area (Å²) in [6, 6.07) is 8.42. The number of ether oxygens (including phenoxy) is 1. The highest BCUT2D eigenvalue weighted by molar-refractivity contribution is 5.85. The van der Waals surface area contributed by atoms with Gasteiger partial charge in [0.05, 0.1) is 13.0 Å². The van der Waals surface area contributed by atoms with Crippen molar-refractivity contribution in [1.82, 2.24) is 10.6 Å². The SMILES string of the molecule is CC(C)c1ccc(OCCC(=O)NC2CCNCC2)cc1.Cl. The van der Waals surface area contributed by atoms with Crippen LogP contribution in [0.4, 0.5) is 0 Å². The summed E-state index contributed by atoms with van der Waals surface area (Å²) in [7, 11) is 0. The van der Waals surface area contributed by atoms with Gasteiger partial charge in [-0.15, -0.1) is 12.4 Å². The maximum Gasteiger partial charge on any atom is 0.223 e. The molecule has 0 aliphatic carbocycles. The Kier molecular flexibility index (Phi) is 8.28. The lowest BCUT2D eigenvalue weighted by Gasteiger charge is -2.23. The van der Waals surface area contributed by atoms with Gasteiger partial charge in [-0.05, 0) is 49.5 Å². The van der Waals surface area contributed by atoms with Gasteiger partial charge in [-0.25, -0.2) is 0 Å². The Bertz CT molecular complexity index is 442. The molecule has 0 unspecified atom stereocenters. The first kappa shape index (κ1) is 18.8. The maximum absolute atomic E-state index is 11.8.